The van der Waals surface area contributed by atoms with Crippen LogP contribution in [-0.4, -0.2) is 21.4 Å². The highest BCUT2D eigenvalue weighted by Crippen LogP contribution is 1.95. The van der Waals surface area contributed by atoms with Crippen molar-refractivity contribution in [3.8, 4) is 0 Å². The summed E-state index contributed by atoms with van der Waals surface area (Å²) in [5.74, 6) is 0. The Morgan fingerprint density at radius 3 is 2.75 bits per heavy atom. The molecule has 0 spiro atoms. The second kappa shape index (κ2) is 4.04. The van der Waals surface area contributed by atoms with Gasteiger partial charge in [0.05, 0.1) is 13.2 Å². The van der Waals surface area contributed by atoms with Crippen molar-refractivity contribution < 1.29 is 10.2 Å². The first kappa shape index (κ1) is 8.96. The van der Waals surface area contributed by atoms with Crippen LogP contribution < -0.4 is 5.43 Å². The van der Waals surface area contributed by atoms with Gasteiger partial charge in [-0.15, -0.1) is 0 Å². The highest BCUT2D eigenvalue weighted by Gasteiger charge is 1.97. The Morgan fingerprint density at radius 1 is 1.42 bits per heavy atom. The molecule has 12 heavy (non-hydrogen) atoms. The van der Waals surface area contributed by atoms with E-state index in [4.69, 9.17) is 10.2 Å². The van der Waals surface area contributed by atoms with Gasteiger partial charge in [-0.05, 0) is 0 Å². The number of aromatic nitrogens is 1. The van der Waals surface area contributed by atoms with Crippen LogP contribution in [-0.2, 0) is 13.2 Å². The van der Waals surface area contributed by atoms with Crippen LogP contribution in [0.1, 0.15) is 5.69 Å². The minimum atomic E-state index is -0.184. The number of hydrogen-bond acceptors (Lipinski definition) is 3. The molecule has 4 nitrogen and oxygen atoms in total. The predicted molar refractivity (Wildman–Crippen MR) is 43.7 cm³/mol. The minimum Gasteiger partial charge on any atom is -0.395 e. The van der Waals surface area contributed by atoms with E-state index < -0.39 is 0 Å². The van der Waals surface area contributed by atoms with Crippen LogP contribution in [0.25, 0.3) is 0 Å². The van der Waals surface area contributed by atoms with Gasteiger partial charge < -0.3 is 14.8 Å². The predicted octanol–water partition coefficient (Wildman–Crippen LogP) is -0.667. The molecule has 1 aromatic heterocycles. The average Bonchev–Trinajstić information content (AvgIpc) is 2.08. The van der Waals surface area contributed by atoms with Crippen molar-refractivity contribution in [2.45, 2.75) is 13.2 Å². The first-order valence-electron chi connectivity index (χ1n) is 3.69. The maximum Gasteiger partial charge on any atom is 0.181 e. The van der Waals surface area contributed by atoms with Crippen molar-refractivity contribution in [3.05, 3.63) is 34.2 Å². The van der Waals surface area contributed by atoms with Crippen molar-refractivity contribution in [2.75, 3.05) is 6.61 Å². The topological polar surface area (TPSA) is 62.5 Å². The summed E-state index contributed by atoms with van der Waals surface area (Å²) in [6.07, 6.45) is 1.56. The lowest BCUT2D eigenvalue weighted by Crippen LogP contribution is -2.13. The summed E-state index contributed by atoms with van der Waals surface area (Å²) in [5.41, 5.74) is 0.393. The lowest BCUT2D eigenvalue weighted by molar-refractivity contribution is 0.249. The lowest BCUT2D eigenvalue weighted by atomic mass is 10.3. The van der Waals surface area contributed by atoms with Crippen LogP contribution in [0.4, 0.5) is 0 Å². The second-order valence-electron chi connectivity index (χ2n) is 2.43. The van der Waals surface area contributed by atoms with Crippen molar-refractivity contribution in [1.82, 2.24) is 4.57 Å². The molecule has 0 aromatic carbocycles. The summed E-state index contributed by atoms with van der Waals surface area (Å²) in [6.45, 7) is 0.210. The Morgan fingerprint density at radius 2 is 2.17 bits per heavy atom. The van der Waals surface area contributed by atoms with Gasteiger partial charge in [-0.1, -0.05) is 0 Å². The lowest BCUT2D eigenvalue weighted by Gasteiger charge is -2.08. The largest absolute Gasteiger partial charge is 0.395 e. The van der Waals surface area contributed by atoms with Gasteiger partial charge in [0.2, 0.25) is 0 Å². The van der Waals surface area contributed by atoms with Crippen LogP contribution in [0.3, 0.4) is 0 Å². The number of hydrogen-bond donors (Lipinski definition) is 2. The molecule has 0 bridgehead atoms. The van der Waals surface area contributed by atoms with E-state index in [0.717, 1.165) is 0 Å². The van der Waals surface area contributed by atoms with Gasteiger partial charge >= 0.3 is 0 Å². The Labute approximate surface area is 69.7 Å². The molecule has 0 saturated carbocycles. The monoisotopic (exact) mass is 169 g/mol. The molecule has 0 saturated heterocycles. The molecule has 1 aromatic rings. The minimum absolute atomic E-state index is 0.00410. The zero-order valence-corrected chi connectivity index (χ0v) is 6.60. The Bertz CT molecular complexity index is 305. The Hall–Kier alpha value is -1.13. The van der Waals surface area contributed by atoms with E-state index in [1.807, 2.05) is 0 Å². The van der Waals surface area contributed by atoms with Crippen LogP contribution in [0, 0.1) is 0 Å². The van der Waals surface area contributed by atoms with E-state index in [-0.39, 0.29) is 18.6 Å². The first-order chi connectivity index (χ1) is 5.77. The summed E-state index contributed by atoms with van der Waals surface area (Å²) in [4.78, 5) is 10.8. The molecule has 0 fully saturated rings. The van der Waals surface area contributed by atoms with Gasteiger partial charge in [-0.2, -0.15) is 0 Å². The van der Waals surface area contributed by atoms with Crippen LogP contribution in [0.2, 0.25) is 0 Å². The van der Waals surface area contributed by atoms with Gasteiger partial charge in [0.25, 0.3) is 0 Å². The Kier molecular flexibility index (Phi) is 3.01. The molecule has 0 amide bonds. The summed E-state index contributed by atoms with van der Waals surface area (Å²) in [7, 11) is 0. The third-order valence-corrected chi connectivity index (χ3v) is 1.60. The quantitative estimate of drug-likeness (QED) is 0.631. The third-order valence-electron chi connectivity index (χ3n) is 1.60. The zero-order chi connectivity index (χ0) is 8.97. The van der Waals surface area contributed by atoms with Gasteiger partial charge in [0.15, 0.2) is 5.43 Å². The molecule has 0 unspecified atom stereocenters. The van der Waals surface area contributed by atoms with Gasteiger partial charge in [0.1, 0.15) is 0 Å². The van der Waals surface area contributed by atoms with Crippen molar-refractivity contribution in [2.24, 2.45) is 0 Å². The van der Waals surface area contributed by atoms with Crippen LogP contribution in [0.15, 0.2) is 23.1 Å². The SMILES string of the molecule is O=c1ccn(CCO)c(CO)c1. The molecule has 0 aliphatic carbocycles. The van der Waals surface area contributed by atoms with E-state index in [1.165, 1.54) is 12.1 Å². The molecular weight excluding hydrogens is 158 g/mol. The third kappa shape index (κ3) is 1.93. The van der Waals surface area contributed by atoms with Crippen molar-refractivity contribution >= 4 is 0 Å². The van der Waals surface area contributed by atoms with Crippen molar-refractivity contribution in [1.29, 1.82) is 0 Å². The zero-order valence-electron chi connectivity index (χ0n) is 6.60. The number of rotatable bonds is 3. The maximum atomic E-state index is 10.8. The summed E-state index contributed by atoms with van der Waals surface area (Å²) >= 11 is 0. The second-order valence-corrected chi connectivity index (χ2v) is 2.43. The number of nitrogens with zero attached hydrogens (tertiary/aromatic N) is 1. The summed E-state index contributed by atoms with van der Waals surface area (Å²) in [5, 5.41) is 17.5. The normalized spacial score (nSPS) is 10.2. The highest BCUT2D eigenvalue weighted by atomic mass is 16.3. The molecule has 1 heterocycles. The molecule has 0 aliphatic heterocycles. The number of pyridine rings is 1. The van der Waals surface area contributed by atoms with Gasteiger partial charge in [-0.3, -0.25) is 4.79 Å². The number of aliphatic hydroxyl groups is 2. The molecule has 4 heteroatoms. The Balaban J connectivity index is 3.02. The van der Waals surface area contributed by atoms with Crippen LogP contribution in [0.5, 0.6) is 0 Å². The standard InChI is InChI=1S/C8H11NO3/c10-4-3-9-2-1-8(12)5-7(9)6-11/h1-2,5,10-11H,3-4,6H2. The summed E-state index contributed by atoms with van der Waals surface area (Å²) in [6, 6.07) is 2.75. The molecule has 0 atom stereocenters. The first-order valence-corrected chi connectivity index (χ1v) is 3.69. The fourth-order valence-corrected chi connectivity index (χ4v) is 1.02. The molecule has 1 rings (SSSR count). The average molecular weight is 169 g/mol. The van der Waals surface area contributed by atoms with E-state index in [9.17, 15) is 4.79 Å². The van der Waals surface area contributed by atoms with Gasteiger partial charge in [-0.25, -0.2) is 0 Å². The van der Waals surface area contributed by atoms with E-state index in [1.54, 1.807) is 10.8 Å². The van der Waals surface area contributed by atoms with E-state index >= 15 is 0 Å². The number of aliphatic hydroxyl groups excluding tert-OH is 2. The maximum absolute atomic E-state index is 10.8. The summed E-state index contributed by atoms with van der Waals surface area (Å²) < 4.78 is 1.64. The van der Waals surface area contributed by atoms with Crippen molar-refractivity contribution in [3.63, 3.8) is 0 Å². The molecule has 66 valence electrons. The fraction of sp³-hybridized carbons (Fsp3) is 0.375. The van der Waals surface area contributed by atoms with Gasteiger partial charge in [0, 0.05) is 30.6 Å². The molecule has 0 radical (unpaired) electrons. The van der Waals surface area contributed by atoms with E-state index in [0.29, 0.717) is 12.2 Å². The van der Waals surface area contributed by atoms with E-state index in [2.05, 4.69) is 0 Å². The fourth-order valence-electron chi connectivity index (χ4n) is 1.02. The smallest absolute Gasteiger partial charge is 0.181 e. The van der Waals surface area contributed by atoms with Crippen LogP contribution >= 0.6 is 0 Å². The highest BCUT2D eigenvalue weighted by molar-refractivity contribution is 5.05. The molecular formula is C8H11NO3. The molecule has 2 N–H and O–H groups in total. The molecule has 0 aliphatic rings.